The molecular weight excluding hydrogens is 318 g/mol. The molecule has 0 aromatic heterocycles. The normalized spacial score (nSPS) is 12.7. The molecule has 0 unspecified atom stereocenters. The molecule has 0 atom stereocenters. The third-order valence-corrected chi connectivity index (χ3v) is 4.10. The molecule has 0 N–H and O–H groups in total. The van der Waals surface area contributed by atoms with E-state index in [1.807, 2.05) is 6.07 Å². The van der Waals surface area contributed by atoms with Gasteiger partial charge in [-0.15, -0.1) is 0 Å². The summed E-state index contributed by atoms with van der Waals surface area (Å²) < 4.78 is 0. The number of rotatable bonds is 4. The molecule has 0 aliphatic carbocycles. The quantitative estimate of drug-likeness (QED) is 0.799. The third kappa shape index (κ3) is 3.12. The first kappa shape index (κ1) is 16.4. The Kier molecular flexibility index (Phi) is 4.31. The van der Waals surface area contributed by atoms with Crippen molar-refractivity contribution < 1.29 is 14.4 Å². The maximum Gasteiger partial charge on any atom is 0.262 e. The maximum atomic E-state index is 12.4. The van der Waals surface area contributed by atoms with E-state index in [2.05, 4.69) is 0 Å². The van der Waals surface area contributed by atoms with Crippen LogP contribution in [0.4, 0.5) is 0 Å². The number of hydrogen-bond acceptors (Lipinski definition) is 4. The fourth-order valence-electron chi connectivity index (χ4n) is 2.69. The van der Waals surface area contributed by atoms with Gasteiger partial charge in [0.25, 0.3) is 11.8 Å². The zero-order valence-corrected chi connectivity index (χ0v) is 13.6. The minimum atomic E-state index is -0.444. The average Bonchev–Trinajstić information content (AvgIpc) is 2.87. The molecule has 0 radical (unpaired) electrons. The summed E-state index contributed by atoms with van der Waals surface area (Å²) >= 11 is 0. The van der Waals surface area contributed by atoms with Gasteiger partial charge in [0.2, 0.25) is 5.91 Å². The standard InChI is InChI=1S/C19H15N3O3/c1-21(11-14-8-6-13(10-20)7-9-14)17(23)12-22-18(24)15-4-2-3-5-16(15)19(22)25/h2-9H,11-12H2,1H3. The predicted octanol–water partition coefficient (Wildman–Crippen LogP) is 1.81. The molecule has 124 valence electrons. The zero-order chi connectivity index (χ0) is 18.0. The summed E-state index contributed by atoms with van der Waals surface area (Å²) in [5.74, 6) is -1.22. The number of nitriles is 1. The Morgan fingerprint density at radius 3 is 2.12 bits per heavy atom. The van der Waals surface area contributed by atoms with Crippen LogP contribution < -0.4 is 0 Å². The molecular formula is C19H15N3O3. The van der Waals surface area contributed by atoms with Gasteiger partial charge in [0, 0.05) is 13.6 Å². The predicted molar refractivity (Wildman–Crippen MR) is 89.4 cm³/mol. The average molecular weight is 333 g/mol. The van der Waals surface area contributed by atoms with Crippen molar-refractivity contribution in [3.63, 3.8) is 0 Å². The Bertz CT molecular complexity index is 862. The van der Waals surface area contributed by atoms with E-state index in [-0.39, 0.29) is 12.5 Å². The molecule has 0 saturated heterocycles. The largest absolute Gasteiger partial charge is 0.340 e. The van der Waals surface area contributed by atoms with Crippen LogP contribution in [-0.4, -0.2) is 41.1 Å². The van der Waals surface area contributed by atoms with Crippen LogP contribution in [0.5, 0.6) is 0 Å². The van der Waals surface area contributed by atoms with Crippen LogP contribution in [0.3, 0.4) is 0 Å². The SMILES string of the molecule is CN(Cc1ccc(C#N)cc1)C(=O)CN1C(=O)c2ccccc2C1=O. The van der Waals surface area contributed by atoms with Crippen LogP contribution in [0.25, 0.3) is 0 Å². The van der Waals surface area contributed by atoms with Gasteiger partial charge >= 0.3 is 0 Å². The Morgan fingerprint density at radius 2 is 1.60 bits per heavy atom. The van der Waals surface area contributed by atoms with Crippen LogP contribution in [0, 0.1) is 11.3 Å². The van der Waals surface area contributed by atoms with E-state index in [1.165, 1.54) is 4.90 Å². The van der Waals surface area contributed by atoms with E-state index in [9.17, 15) is 14.4 Å². The number of carbonyl (C=O) groups is 3. The molecule has 6 heteroatoms. The van der Waals surface area contributed by atoms with E-state index in [0.717, 1.165) is 10.5 Å². The summed E-state index contributed by atoms with van der Waals surface area (Å²) in [6, 6.07) is 15.5. The van der Waals surface area contributed by atoms with Crippen molar-refractivity contribution in [2.75, 3.05) is 13.6 Å². The van der Waals surface area contributed by atoms with Gasteiger partial charge in [-0.25, -0.2) is 0 Å². The molecule has 1 aliphatic heterocycles. The Balaban J connectivity index is 1.67. The molecule has 0 spiro atoms. The van der Waals surface area contributed by atoms with Crippen molar-refractivity contribution in [1.29, 1.82) is 5.26 Å². The molecule has 3 amide bonds. The molecule has 6 nitrogen and oxygen atoms in total. The topological polar surface area (TPSA) is 81.5 Å². The Morgan fingerprint density at radius 1 is 1.04 bits per heavy atom. The highest BCUT2D eigenvalue weighted by atomic mass is 16.2. The molecule has 0 bridgehead atoms. The summed E-state index contributed by atoms with van der Waals surface area (Å²) in [6.45, 7) is 0.0346. The zero-order valence-electron chi connectivity index (χ0n) is 13.6. The van der Waals surface area contributed by atoms with Gasteiger partial charge in [-0.2, -0.15) is 5.26 Å². The van der Waals surface area contributed by atoms with Crippen LogP contribution in [0.1, 0.15) is 31.8 Å². The first-order valence-electron chi connectivity index (χ1n) is 7.69. The van der Waals surface area contributed by atoms with Gasteiger partial charge in [-0.1, -0.05) is 24.3 Å². The highest BCUT2D eigenvalue weighted by Crippen LogP contribution is 2.22. The second-order valence-electron chi connectivity index (χ2n) is 5.80. The molecule has 2 aromatic carbocycles. The lowest BCUT2D eigenvalue weighted by Gasteiger charge is -2.20. The van der Waals surface area contributed by atoms with Crippen molar-refractivity contribution in [3.8, 4) is 6.07 Å². The van der Waals surface area contributed by atoms with E-state index in [4.69, 9.17) is 5.26 Å². The van der Waals surface area contributed by atoms with Gasteiger partial charge in [0.15, 0.2) is 0 Å². The molecule has 0 saturated carbocycles. The van der Waals surface area contributed by atoms with Gasteiger partial charge in [-0.3, -0.25) is 19.3 Å². The van der Waals surface area contributed by atoms with Crippen LogP contribution >= 0.6 is 0 Å². The van der Waals surface area contributed by atoms with Crippen molar-refractivity contribution in [2.45, 2.75) is 6.54 Å². The van der Waals surface area contributed by atoms with E-state index in [1.54, 1.807) is 55.6 Å². The second-order valence-corrected chi connectivity index (χ2v) is 5.80. The number of nitrogens with zero attached hydrogens (tertiary/aromatic N) is 3. The number of carbonyl (C=O) groups excluding carboxylic acids is 3. The number of benzene rings is 2. The highest BCUT2D eigenvalue weighted by Gasteiger charge is 2.36. The van der Waals surface area contributed by atoms with Gasteiger partial charge in [0.05, 0.1) is 22.8 Å². The molecule has 2 aromatic rings. The van der Waals surface area contributed by atoms with Crippen LogP contribution in [0.2, 0.25) is 0 Å². The maximum absolute atomic E-state index is 12.4. The number of hydrogen-bond donors (Lipinski definition) is 0. The Hall–Kier alpha value is -3.46. The van der Waals surface area contributed by atoms with Crippen molar-refractivity contribution in [3.05, 3.63) is 70.8 Å². The molecule has 3 rings (SSSR count). The van der Waals surface area contributed by atoms with Gasteiger partial charge < -0.3 is 4.90 Å². The van der Waals surface area contributed by atoms with Crippen molar-refractivity contribution >= 4 is 17.7 Å². The summed E-state index contributed by atoms with van der Waals surface area (Å²) in [4.78, 5) is 39.4. The fraction of sp³-hybridized carbons (Fsp3) is 0.158. The third-order valence-electron chi connectivity index (χ3n) is 4.10. The monoisotopic (exact) mass is 333 g/mol. The minimum absolute atomic E-state index is 0.293. The smallest absolute Gasteiger partial charge is 0.262 e. The fourth-order valence-corrected chi connectivity index (χ4v) is 2.69. The highest BCUT2D eigenvalue weighted by molar-refractivity contribution is 6.22. The molecule has 1 aliphatic rings. The van der Waals surface area contributed by atoms with Gasteiger partial charge in [-0.05, 0) is 29.8 Å². The summed E-state index contributed by atoms with van der Waals surface area (Å²) in [7, 11) is 1.61. The lowest BCUT2D eigenvalue weighted by Crippen LogP contribution is -2.40. The number of likely N-dealkylation sites (N-methyl/N-ethyl adjacent to an activating group) is 1. The lowest BCUT2D eigenvalue weighted by atomic mass is 10.1. The first-order chi connectivity index (χ1) is 12.0. The first-order valence-corrected chi connectivity index (χ1v) is 7.69. The van der Waals surface area contributed by atoms with Crippen molar-refractivity contribution in [1.82, 2.24) is 9.80 Å². The minimum Gasteiger partial charge on any atom is -0.340 e. The van der Waals surface area contributed by atoms with Crippen molar-refractivity contribution in [2.24, 2.45) is 0 Å². The van der Waals surface area contributed by atoms with E-state index < -0.39 is 11.8 Å². The number of imide groups is 1. The van der Waals surface area contributed by atoms with Gasteiger partial charge in [0.1, 0.15) is 6.54 Å². The summed E-state index contributed by atoms with van der Waals surface area (Å²) in [6.07, 6.45) is 0. The molecule has 25 heavy (non-hydrogen) atoms. The van der Waals surface area contributed by atoms with Crippen LogP contribution in [-0.2, 0) is 11.3 Å². The van der Waals surface area contributed by atoms with E-state index in [0.29, 0.717) is 23.2 Å². The second kappa shape index (κ2) is 6.57. The van der Waals surface area contributed by atoms with Crippen LogP contribution in [0.15, 0.2) is 48.5 Å². The van der Waals surface area contributed by atoms with E-state index >= 15 is 0 Å². The lowest BCUT2D eigenvalue weighted by molar-refractivity contribution is -0.130. The summed E-state index contributed by atoms with van der Waals surface area (Å²) in [5.41, 5.74) is 2.06. The summed E-state index contributed by atoms with van der Waals surface area (Å²) in [5, 5.41) is 8.80. The molecule has 0 fully saturated rings. The molecule has 1 heterocycles. The Labute approximate surface area is 144 Å². The number of amides is 3. The number of fused-ring (bicyclic) bond motifs is 1.